The number of amides is 1. The van der Waals surface area contributed by atoms with Gasteiger partial charge in [-0.25, -0.2) is 4.39 Å². The molecule has 0 aliphatic carbocycles. The van der Waals surface area contributed by atoms with Crippen molar-refractivity contribution in [2.45, 2.75) is 33.1 Å². The maximum Gasteiger partial charge on any atom is 0.217 e. The highest BCUT2D eigenvalue weighted by molar-refractivity contribution is 6.00. The number of Topliss-reactive ketones (excluding diaryl/α,β-unsaturated/α-hetero) is 1. The Morgan fingerprint density at radius 2 is 1.95 bits per heavy atom. The molecule has 2 N–H and O–H groups in total. The van der Waals surface area contributed by atoms with Crippen LogP contribution in [0.25, 0.3) is 0 Å². The van der Waals surface area contributed by atoms with E-state index >= 15 is 0 Å². The molecule has 0 atom stereocenters. The summed E-state index contributed by atoms with van der Waals surface area (Å²) in [6.07, 6.45) is 2.13. The van der Waals surface area contributed by atoms with Gasteiger partial charge in [0.05, 0.1) is 0 Å². The summed E-state index contributed by atoms with van der Waals surface area (Å²) in [4.78, 5) is 24.8. The Bertz CT molecular complexity index is 564. The Hall–Kier alpha value is -1.91. The predicted octanol–water partition coefficient (Wildman–Crippen LogP) is 2.43. The van der Waals surface area contributed by atoms with Gasteiger partial charge in [-0.2, -0.15) is 0 Å². The van der Waals surface area contributed by atoms with Crippen LogP contribution in [0.15, 0.2) is 12.1 Å². The standard InChI is InChI=1S/C16H21FN2O2/c1-10-7-15(13(11(2)20)9-14(10)17)19-5-3-12(4-6-19)8-16(18)21/h7,9,12H,3-6,8H2,1-2H3,(H2,18,21). The van der Waals surface area contributed by atoms with Crippen LogP contribution in [0.1, 0.15) is 42.1 Å². The fourth-order valence-corrected chi connectivity index (χ4v) is 2.87. The molecule has 1 heterocycles. The van der Waals surface area contributed by atoms with Crippen LogP contribution in [0.2, 0.25) is 0 Å². The van der Waals surface area contributed by atoms with Crippen molar-refractivity contribution in [1.82, 2.24) is 0 Å². The number of nitrogens with zero attached hydrogens (tertiary/aromatic N) is 1. The first-order chi connectivity index (χ1) is 9.88. The number of anilines is 1. The summed E-state index contributed by atoms with van der Waals surface area (Å²) in [7, 11) is 0. The number of hydrogen-bond acceptors (Lipinski definition) is 3. The van der Waals surface area contributed by atoms with E-state index in [0.717, 1.165) is 31.6 Å². The molecule has 0 spiro atoms. The molecule has 1 aromatic rings. The summed E-state index contributed by atoms with van der Waals surface area (Å²) in [5.41, 5.74) is 6.98. The van der Waals surface area contributed by atoms with Crippen LogP contribution in [-0.4, -0.2) is 24.8 Å². The molecule has 0 saturated carbocycles. The number of aryl methyl sites for hydroxylation is 1. The van der Waals surface area contributed by atoms with Gasteiger partial charge in [0.1, 0.15) is 5.82 Å². The lowest BCUT2D eigenvalue weighted by Gasteiger charge is -2.34. The number of carbonyl (C=O) groups is 2. The third kappa shape index (κ3) is 3.60. The van der Waals surface area contributed by atoms with Crippen LogP contribution in [0.4, 0.5) is 10.1 Å². The highest BCUT2D eigenvalue weighted by atomic mass is 19.1. The molecule has 114 valence electrons. The molecule has 1 aliphatic heterocycles. The number of nitrogens with two attached hydrogens (primary N) is 1. The number of primary amides is 1. The Balaban J connectivity index is 2.18. The highest BCUT2D eigenvalue weighted by Crippen LogP contribution is 2.30. The molecular weight excluding hydrogens is 271 g/mol. The highest BCUT2D eigenvalue weighted by Gasteiger charge is 2.23. The lowest BCUT2D eigenvalue weighted by Crippen LogP contribution is -2.36. The van der Waals surface area contributed by atoms with Gasteiger partial charge in [0.25, 0.3) is 0 Å². The van der Waals surface area contributed by atoms with Crippen molar-refractivity contribution in [2.75, 3.05) is 18.0 Å². The second kappa shape index (κ2) is 6.24. The summed E-state index contributed by atoms with van der Waals surface area (Å²) in [6.45, 7) is 4.66. The monoisotopic (exact) mass is 292 g/mol. The molecule has 1 saturated heterocycles. The van der Waals surface area contributed by atoms with Crippen molar-refractivity contribution in [3.63, 3.8) is 0 Å². The van der Waals surface area contributed by atoms with Gasteiger partial charge in [-0.1, -0.05) is 0 Å². The number of rotatable bonds is 4. The first-order valence-electron chi connectivity index (χ1n) is 7.22. The number of ketones is 1. The van der Waals surface area contributed by atoms with E-state index in [4.69, 9.17) is 5.73 Å². The second-order valence-corrected chi connectivity index (χ2v) is 5.78. The number of hydrogen-bond donors (Lipinski definition) is 1. The normalized spacial score (nSPS) is 16.0. The van der Waals surface area contributed by atoms with E-state index < -0.39 is 0 Å². The average molecular weight is 292 g/mol. The fourth-order valence-electron chi connectivity index (χ4n) is 2.87. The van der Waals surface area contributed by atoms with Crippen molar-refractivity contribution in [1.29, 1.82) is 0 Å². The lowest BCUT2D eigenvalue weighted by atomic mass is 9.92. The van der Waals surface area contributed by atoms with Crippen LogP contribution in [0, 0.1) is 18.7 Å². The Kier molecular flexibility index (Phi) is 4.60. The lowest BCUT2D eigenvalue weighted by molar-refractivity contribution is -0.119. The smallest absolute Gasteiger partial charge is 0.217 e. The third-order valence-corrected chi connectivity index (χ3v) is 4.10. The second-order valence-electron chi connectivity index (χ2n) is 5.78. The van der Waals surface area contributed by atoms with Gasteiger partial charge in [-0.15, -0.1) is 0 Å². The molecule has 21 heavy (non-hydrogen) atoms. The quantitative estimate of drug-likeness (QED) is 0.867. The molecule has 1 aliphatic rings. The van der Waals surface area contributed by atoms with Crippen LogP contribution in [0.5, 0.6) is 0 Å². The first-order valence-corrected chi connectivity index (χ1v) is 7.22. The molecular formula is C16H21FN2O2. The summed E-state index contributed by atoms with van der Waals surface area (Å²) in [5.74, 6) is -0.452. The van der Waals surface area contributed by atoms with Gasteiger partial charge in [0.2, 0.25) is 5.91 Å². The maximum atomic E-state index is 13.7. The van der Waals surface area contributed by atoms with Crippen molar-refractivity contribution in [3.8, 4) is 0 Å². The van der Waals surface area contributed by atoms with Gasteiger partial charge < -0.3 is 10.6 Å². The van der Waals surface area contributed by atoms with Crippen LogP contribution < -0.4 is 10.6 Å². The summed E-state index contributed by atoms with van der Waals surface area (Å²) >= 11 is 0. The van der Waals surface area contributed by atoms with Gasteiger partial charge in [-0.3, -0.25) is 9.59 Å². The van der Waals surface area contributed by atoms with Gasteiger partial charge in [0.15, 0.2) is 5.78 Å². The Morgan fingerprint density at radius 3 is 2.48 bits per heavy atom. The van der Waals surface area contributed by atoms with Crippen LogP contribution >= 0.6 is 0 Å². The van der Waals surface area contributed by atoms with Crippen molar-refractivity contribution in [2.24, 2.45) is 11.7 Å². The molecule has 2 rings (SSSR count). The van der Waals surface area contributed by atoms with Crippen LogP contribution in [0.3, 0.4) is 0 Å². The summed E-state index contributed by atoms with van der Waals surface area (Å²) in [5, 5.41) is 0. The molecule has 4 nitrogen and oxygen atoms in total. The zero-order chi connectivity index (χ0) is 15.6. The summed E-state index contributed by atoms with van der Waals surface area (Å²) in [6, 6.07) is 3.06. The van der Waals surface area contributed by atoms with Crippen molar-refractivity contribution >= 4 is 17.4 Å². The molecule has 5 heteroatoms. The Labute approximate surface area is 124 Å². The van der Waals surface area contributed by atoms with E-state index in [2.05, 4.69) is 4.90 Å². The van der Waals surface area contributed by atoms with E-state index in [1.54, 1.807) is 13.0 Å². The Morgan fingerprint density at radius 1 is 1.33 bits per heavy atom. The third-order valence-electron chi connectivity index (χ3n) is 4.10. The van der Waals surface area contributed by atoms with Gasteiger partial charge >= 0.3 is 0 Å². The van der Waals surface area contributed by atoms with E-state index in [1.165, 1.54) is 13.0 Å². The van der Waals surface area contributed by atoms with Crippen molar-refractivity contribution < 1.29 is 14.0 Å². The zero-order valence-electron chi connectivity index (χ0n) is 12.5. The molecule has 0 aromatic heterocycles. The molecule has 1 aromatic carbocycles. The van der Waals surface area contributed by atoms with Crippen LogP contribution in [-0.2, 0) is 4.79 Å². The maximum absolute atomic E-state index is 13.7. The number of benzene rings is 1. The zero-order valence-corrected chi connectivity index (χ0v) is 12.5. The topological polar surface area (TPSA) is 63.4 Å². The molecule has 1 amide bonds. The minimum Gasteiger partial charge on any atom is -0.371 e. The number of piperidine rings is 1. The SMILES string of the molecule is CC(=O)c1cc(F)c(C)cc1N1CCC(CC(N)=O)CC1. The van der Waals surface area contributed by atoms with E-state index in [-0.39, 0.29) is 17.5 Å². The minimum atomic E-state index is -0.354. The predicted molar refractivity (Wildman–Crippen MR) is 79.9 cm³/mol. The minimum absolute atomic E-state index is 0.136. The molecule has 1 fully saturated rings. The van der Waals surface area contributed by atoms with E-state index in [1.807, 2.05) is 0 Å². The average Bonchev–Trinajstić information content (AvgIpc) is 2.41. The van der Waals surface area contributed by atoms with E-state index in [0.29, 0.717) is 23.5 Å². The fraction of sp³-hybridized carbons (Fsp3) is 0.500. The largest absolute Gasteiger partial charge is 0.371 e. The molecule has 0 unspecified atom stereocenters. The van der Waals surface area contributed by atoms with E-state index in [9.17, 15) is 14.0 Å². The molecule has 0 bridgehead atoms. The summed E-state index contributed by atoms with van der Waals surface area (Å²) < 4.78 is 13.7. The van der Waals surface area contributed by atoms with Crippen molar-refractivity contribution in [3.05, 3.63) is 29.1 Å². The first kappa shape index (κ1) is 15.5. The molecule has 0 radical (unpaired) electrons. The van der Waals surface area contributed by atoms with Gasteiger partial charge in [0, 0.05) is 30.8 Å². The van der Waals surface area contributed by atoms with Gasteiger partial charge in [-0.05, 0) is 50.3 Å². The number of halogens is 1. The number of carbonyl (C=O) groups excluding carboxylic acids is 2.